The minimum absolute atomic E-state index is 0.0136. The number of hydrogen-bond acceptors (Lipinski definition) is 5. The zero-order valence-corrected chi connectivity index (χ0v) is 19.6. The third kappa shape index (κ3) is 4.56. The standard InChI is InChI=1S/C24H19ClFNO4S2/c25-19-7-3-2-6-18(19)24(23-11-15-5-1-4-8-22(15)32-23)27-33(28,29)17-9-10-20-21(12-17)31-14-16(26)13-30-20/h1-12,16,24,27H,13-14H2/t16-,24+/m0/s1. The number of alkyl halides is 1. The number of hydrogen-bond donors (Lipinski definition) is 1. The smallest absolute Gasteiger partial charge is 0.241 e. The number of ether oxygens (including phenoxy) is 2. The molecule has 1 aliphatic heterocycles. The number of thiophene rings is 1. The van der Waals surface area contributed by atoms with Crippen molar-refractivity contribution in [3.63, 3.8) is 0 Å². The molecule has 33 heavy (non-hydrogen) atoms. The van der Waals surface area contributed by atoms with Gasteiger partial charge in [0.1, 0.15) is 13.2 Å². The van der Waals surface area contributed by atoms with Gasteiger partial charge in [0.25, 0.3) is 0 Å². The summed E-state index contributed by atoms with van der Waals surface area (Å²) in [5.74, 6) is 0.496. The monoisotopic (exact) mass is 503 g/mol. The quantitative estimate of drug-likeness (QED) is 0.377. The zero-order chi connectivity index (χ0) is 23.0. The van der Waals surface area contributed by atoms with Gasteiger partial charge in [-0.25, -0.2) is 12.8 Å². The van der Waals surface area contributed by atoms with E-state index in [1.54, 1.807) is 18.2 Å². The maximum atomic E-state index is 13.6. The molecule has 2 atom stereocenters. The summed E-state index contributed by atoms with van der Waals surface area (Å²) in [6.45, 7) is -0.341. The molecule has 1 N–H and O–H groups in total. The molecule has 2 heterocycles. The van der Waals surface area contributed by atoms with Gasteiger partial charge in [0, 0.05) is 20.7 Å². The van der Waals surface area contributed by atoms with Crippen LogP contribution < -0.4 is 14.2 Å². The first-order chi connectivity index (χ1) is 15.9. The number of benzene rings is 3. The van der Waals surface area contributed by atoms with E-state index in [0.717, 1.165) is 15.0 Å². The highest BCUT2D eigenvalue weighted by Gasteiger charge is 2.28. The van der Waals surface area contributed by atoms with Crippen molar-refractivity contribution in [1.82, 2.24) is 4.72 Å². The average molecular weight is 504 g/mol. The van der Waals surface area contributed by atoms with E-state index in [-0.39, 0.29) is 23.9 Å². The molecule has 5 nitrogen and oxygen atoms in total. The summed E-state index contributed by atoms with van der Waals surface area (Å²) < 4.78 is 55.1. The Morgan fingerprint density at radius 1 is 0.970 bits per heavy atom. The Bertz CT molecular complexity index is 1390. The van der Waals surface area contributed by atoms with Crippen molar-refractivity contribution in [3.8, 4) is 11.5 Å². The van der Waals surface area contributed by atoms with Gasteiger partial charge in [-0.15, -0.1) is 11.3 Å². The summed E-state index contributed by atoms with van der Waals surface area (Å²) in [5.41, 5.74) is 0.643. The minimum atomic E-state index is -4.00. The largest absolute Gasteiger partial charge is 0.487 e. The van der Waals surface area contributed by atoms with Crippen LogP contribution in [0, 0.1) is 0 Å². The van der Waals surface area contributed by atoms with Gasteiger partial charge in [0.2, 0.25) is 10.0 Å². The average Bonchev–Trinajstić information content (AvgIpc) is 3.15. The van der Waals surface area contributed by atoms with Crippen molar-refractivity contribution in [2.45, 2.75) is 17.1 Å². The van der Waals surface area contributed by atoms with Crippen LogP contribution in [0.15, 0.2) is 77.7 Å². The van der Waals surface area contributed by atoms with E-state index in [0.29, 0.717) is 16.3 Å². The second kappa shape index (κ2) is 8.95. The van der Waals surface area contributed by atoms with Gasteiger partial charge in [-0.1, -0.05) is 48.0 Å². The minimum Gasteiger partial charge on any atom is -0.487 e. The fraction of sp³-hybridized carbons (Fsp3) is 0.167. The van der Waals surface area contributed by atoms with Crippen molar-refractivity contribution in [2.75, 3.05) is 13.2 Å². The van der Waals surface area contributed by atoms with Gasteiger partial charge in [-0.3, -0.25) is 0 Å². The Hall–Kier alpha value is -2.65. The molecule has 0 fully saturated rings. The van der Waals surface area contributed by atoms with Crippen LogP contribution >= 0.6 is 22.9 Å². The van der Waals surface area contributed by atoms with E-state index < -0.39 is 22.2 Å². The van der Waals surface area contributed by atoms with Crippen molar-refractivity contribution in [2.24, 2.45) is 0 Å². The first kappa shape index (κ1) is 22.2. The summed E-state index contributed by atoms with van der Waals surface area (Å²) in [5, 5.41) is 1.47. The fourth-order valence-corrected chi connectivity index (χ4v) is 6.31. The normalized spacial score (nSPS) is 17.0. The summed E-state index contributed by atoms with van der Waals surface area (Å²) in [6.07, 6.45) is -1.28. The molecule has 0 spiro atoms. The SMILES string of the molecule is O=S(=O)(N[C@@H](c1cc2ccccc2s1)c1ccccc1Cl)c1ccc2c(c1)OC[C@@H](F)CO2. The lowest BCUT2D eigenvalue weighted by Gasteiger charge is -2.20. The molecule has 9 heteroatoms. The summed E-state index contributed by atoms with van der Waals surface area (Å²) in [7, 11) is -4.00. The van der Waals surface area contributed by atoms with E-state index in [4.69, 9.17) is 21.1 Å². The van der Waals surface area contributed by atoms with E-state index in [1.165, 1.54) is 29.5 Å². The van der Waals surface area contributed by atoms with Gasteiger partial charge in [-0.05, 0) is 41.3 Å². The van der Waals surface area contributed by atoms with Gasteiger partial charge >= 0.3 is 0 Å². The molecular weight excluding hydrogens is 485 g/mol. The van der Waals surface area contributed by atoms with Crippen LogP contribution in [-0.2, 0) is 10.0 Å². The van der Waals surface area contributed by atoms with Crippen molar-refractivity contribution < 1.29 is 22.3 Å². The maximum Gasteiger partial charge on any atom is 0.241 e. The van der Waals surface area contributed by atoms with E-state index in [2.05, 4.69) is 4.72 Å². The summed E-state index contributed by atoms with van der Waals surface area (Å²) in [4.78, 5) is 0.794. The van der Waals surface area contributed by atoms with Gasteiger partial charge in [-0.2, -0.15) is 4.72 Å². The highest BCUT2D eigenvalue weighted by atomic mass is 35.5. The molecule has 0 aliphatic carbocycles. The Kier molecular flexibility index (Phi) is 6.01. The zero-order valence-electron chi connectivity index (χ0n) is 17.2. The molecule has 170 valence electrons. The van der Waals surface area contributed by atoms with Gasteiger partial charge < -0.3 is 9.47 Å². The third-order valence-corrected chi connectivity index (χ3v) is 8.23. The molecule has 0 amide bonds. The first-order valence-electron chi connectivity index (χ1n) is 10.2. The number of halogens is 2. The second-order valence-corrected chi connectivity index (χ2v) is 10.8. The summed E-state index contributed by atoms with van der Waals surface area (Å²) in [6, 6.07) is 20.5. The van der Waals surface area contributed by atoms with Crippen LogP contribution in [-0.4, -0.2) is 27.8 Å². The third-order valence-electron chi connectivity index (χ3n) is 5.28. The molecule has 1 aromatic heterocycles. The lowest BCUT2D eigenvalue weighted by atomic mass is 10.1. The van der Waals surface area contributed by atoms with Crippen molar-refractivity contribution >= 4 is 43.0 Å². The van der Waals surface area contributed by atoms with Crippen LogP contribution in [0.25, 0.3) is 10.1 Å². The maximum absolute atomic E-state index is 13.6. The predicted octanol–water partition coefficient (Wildman–Crippen LogP) is 5.73. The van der Waals surface area contributed by atoms with Gasteiger partial charge in [0.15, 0.2) is 17.7 Å². The predicted molar refractivity (Wildman–Crippen MR) is 128 cm³/mol. The molecular formula is C24H19ClFNO4S2. The molecule has 0 saturated heterocycles. The summed E-state index contributed by atoms with van der Waals surface area (Å²) >= 11 is 7.97. The Morgan fingerprint density at radius 2 is 1.70 bits per heavy atom. The van der Waals surface area contributed by atoms with Crippen LogP contribution in [0.1, 0.15) is 16.5 Å². The first-order valence-corrected chi connectivity index (χ1v) is 12.9. The van der Waals surface area contributed by atoms with E-state index in [9.17, 15) is 12.8 Å². The highest BCUT2D eigenvalue weighted by Crippen LogP contribution is 2.38. The van der Waals surface area contributed by atoms with Crippen molar-refractivity contribution in [1.29, 1.82) is 0 Å². The lowest BCUT2D eigenvalue weighted by molar-refractivity contribution is 0.162. The van der Waals surface area contributed by atoms with Crippen LogP contribution in [0.5, 0.6) is 11.5 Å². The lowest BCUT2D eigenvalue weighted by Crippen LogP contribution is -2.29. The number of rotatable bonds is 5. The van der Waals surface area contributed by atoms with Crippen LogP contribution in [0.3, 0.4) is 0 Å². The Labute approximate surface area is 199 Å². The highest BCUT2D eigenvalue weighted by molar-refractivity contribution is 7.89. The molecule has 5 rings (SSSR count). The fourth-order valence-electron chi connectivity index (χ4n) is 3.65. The molecule has 0 unspecified atom stereocenters. The molecule has 0 bridgehead atoms. The number of fused-ring (bicyclic) bond motifs is 2. The molecule has 0 radical (unpaired) electrons. The van der Waals surface area contributed by atoms with Gasteiger partial charge in [0.05, 0.1) is 10.9 Å². The molecule has 4 aromatic rings. The topological polar surface area (TPSA) is 64.6 Å². The molecule has 1 aliphatic rings. The molecule has 3 aromatic carbocycles. The second-order valence-electron chi connectivity index (χ2n) is 7.59. The van der Waals surface area contributed by atoms with E-state index in [1.807, 2.05) is 36.4 Å². The van der Waals surface area contributed by atoms with Crippen LogP contribution in [0.4, 0.5) is 4.39 Å². The van der Waals surface area contributed by atoms with Crippen LogP contribution in [0.2, 0.25) is 5.02 Å². The Morgan fingerprint density at radius 3 is 2.48 bits per heavy atom. The molecule has 0 saturated carbocycles. The van der Waals surface area contributed by atoms with Crippen molar-refractivity contribution in [3.05, 3.63) is 88.3 Å². The Balaban J connectivity index is 1.55. The number of nitrogens with one attached hydrogen (secondary N) is 1. The number of sulfonamides is 1. The van der Waals surface area contributed by atoms with E-state index >= 15 is 0 Å².